The average Bonchev–Trinajstić information content (AvgIpc) is 2.63. The van der Waals surface area contributed by atoms with E-state index < -0.39 is 5.97 Å². The van der Waals surface area contributed by atoms with E-state index in [0.29, 0.717) is 12.5 Å². The maximum absolute atomic E-state index is 12.7. The van der Waals surface area contributed by atoms with Gasteiger partial charge in [0.15, 0.2) is 0 Å². The van der Waals surface area contributed by atoms with Crippen LogP contribution in [0, 0.1) is 5.41 Å². The largest absolute Gasteiger partial charge is 0.481 e. The highest BCUT2D eigenvalue weighted by Crippen LogP contribution is 2.43. The first-order valence-electron chi connectivity index (χ1n) is 8.54. The number of carboxylic acid groups (broad SMARTS) is 1. The zero-order valence-corrected chi connectivity index (χ0v) is 13.3. The van der Waals surface area contributed by atoms with E-state index in [1.807, 2.05) is 4.90 Å². The van der Waals surface area contributed by atoms with Crippen molar-refractivity contribution in [2.24, 2.45) is 5.41 Å². The van der Waals surface area contributed by atoms with Crippen LogP contribution in [0.2, 0.25) is 0 Å². The van der Waals surface area contributed by atoms with E-state index in [9.17, 15) is 14.7 Å². The van der Waals surface area contributed by atoms with Gasteiger partial charge in [-0.2, -0.15) is 0 Å². The van der Waals surface area contributed by atoms with Crippen molar-refractivity contribution in [3.63, 3.8) is 0 Å². The first-order chi connectivity index (χ1) is 10.0. The maximum Gasteiger partial charge on any atom is 0.303 e. The minimum Gasteiger partial charge on any atom is -0.481 e. The lowest BCUT2D eigenvalue weighted by molar-refractivity contribution is -0.143. The van der Waals surface area contributed by atoms with Gasteiger partial charge in [0.1, 0.15) is 0 Å². The first kappa shape index (κ1) is 16.3. The molecule has 0 bridgehead atoms. The third kappa shape index (κ3) is 4.45. The molecule has 0 aromatic carbocycles. The van der Waals surface area contributed by atoms with Crippen LogP contribution < -0.4 is 0 Å². The molecule has 21 heavy (non-hydrogen) atoms. The van der Waals surface area contributed by atoms with Crippen molar-refractivity contribution in [3.05, 3.63) is 0 Å². The first-order valence-corrected chi connectivity index (χ1v) is 8.54. The van der Waals surface area contributed by atoms with Gasteiger partial charge >= 0.3 is 5.97 Å². The van der Waals surface area contributed by atoms with Crippen LogP contribution in [-0.4, -0.2) is 34.5 Å². The van der Waals surface area contributed by atoms with Crippen LogP contribution in [0.1, 0.15) is 77.6 Å². The number of hydrogen-bond acceptors (Lipinski definition) is 2. The van der Waals surface area contributed by atoms with E-state index in [1.54, 1.807) is 0 Å². The number of nitrogens with zero attached hydrogens (tertiary/aromatic N) is 1. The lowest BCUT2D eigenvalue weighted by Gasteiger charge is -2.38. The molecule has 1 saturated carbocycles. The molecule has 1 aliphatic carbocycles. The number of carboxylic acids is 1. The Morgan fingerprint density at radius 2 is 1.71 bits per heavy atom. The van der Waals surface area contributed by atoms with Gasteiger partial charge in [0.2, 0.25) is 5.91 Å². The van der Waals surface area contributed by atoms with Crippen LogP contribution in [0.15, 0.2) is 0 Å². The summed E-state index contributed by atoms with van der Waals surface area (Å²) in [7, 11) is 0. The average molecular weight is 295 g/mol. The number of aliphatic carboxylic acids is 1. The van der Waals surface area contributed by atoms with Crippen LogP contribution in [0.25, 0.3) is 0 Å². The van der Waals surface area contributed by atoms with Crippen LogP contribution in [-0.2, 0) is 9.59 Å². The number of carbonyl (C=O) groups excluding carboxylic acids is 1. The Morgan fingerprint density at radius 3 is 2.38 bits per heavy atom. The molecule has 1 aliphatic heterocycles. The van der Waals surface area contributed by atoms with Crippen LogP contribution in [0.3, 0.4) is 0 Å². The third-order valence-corrected chi connectivity index (χ3v) is 5.34. The molecule has 0 spiro atoms. The topological polar surface area (TPSA) is 57.6 Å². The lowest BCUT2D eigenvalue weighted by atomic mass is 9.69. The van der Waals surface area contributed by atoms with E-state index >= 15 is 0 Å². The second-order valence-corrected chi connectivity index (χ2v) is 7.09. The van der Waals surface area contributed by atoms with E-state index in [1.165, 1.54) is 19.3 Å². The van der Waals surface area contributed by atoms with E-state index in [2.05, 4.69) is 6.92 Å². The number of carbonyl (C=O) groups is 2. The number of hydrogen-bond donors (Lipinski definition) is 1. The van der Waals surface area contributed by atoms with Crippen molar-refractivity contribution >= 4 is 11.9 Å². The molecular formula is C17H29NO3. The highest BCUT2D eigenvalue weighted by atomic mass is 16.4. The van der Waals surface area contributed by atoms with Crippen molar-refractivity contribution in [3.8, 4) is 0 Å². The molecule has 1 saturated heterocycles. The Balaban J connectivity index is 2.04. The summed E-state index contributed by atoms with van der Waals surface area (Å²) in [5.41, 5.74) is -0.285. The van der Waals surface area contributed by atoms with Gasteiger partial charge in [-0.15, -0.1) is 0 Å². The Morgan fingerprint density at radius 1 is 1.05 bits per heavy atom. The number of rotatable bonds is 4. The van der Waals surface area contributed by atoms with Crippen molar-refractivity contribution in [2.45, 2.75) is 83.6 Å². The van der Waals surface area contributed by atoms with E-state index in [4.69, 9.17) is 0 Å². The summed E-state index contributed by atoms with van der Waals surface area (Å²) in [6, 6.07) is 0.311. The van der Waals surface area contributed by atoms with Gasteiger partial charge in [0, 0.05) is 19.0 Å². The predicted molar refractivity (Wildman–Crippen MR) is 82.0 cm³/mol. The van der Waals surface area contributed by atoms with Gasteiger partial charge in [0.05, 0.1) is 6.42 Å². The Kier molecular flexibility index (Phi) is 5.65. The second-order valence-electron chi connectivity index (χ2n) is 7.09. The van der Waals surface area contributed by atoms with Crippen molar-refractivity contribution in [2.75, 3.05) is 6.54 Å². The molecule has 120 valence electrons. The molecular weight excluding hydrogens is 266 g/mol. The standard InChI is InChI=1S/C17H29NO3/c1-14-8-4-2-7-11-18(14)15(19)12-17(13-16(20)21)9-5-3-6-10-17/h14H,2-13H2,1H3,(H,20,21). The van der Waals surface area contributed by atoms with Crippen molar-refractivity contribution in [1.82, 2.24) is 4.90 Å². The number of likely N-dealkylation sites (tertiary alicyclic amines) is 1. The molecule has 4 heteroatoms. The fraction of sp³-hybridized carbons (Fsp3) is 0.882. The monoisotopic (exact) mass is 295 g/mol. The molecule has 0 aromatic heterocycles. The smallest absolute Gasteiger partial charge is 0.303 e. The molecule has 0 radical (unpaired) electrons. The highest BCUT2D eigenvalue weighted by Gasteiger charge is 2.38. The van der Waals surface area contributed by atoms with Crippen molar-refractivity contribution in [1.29, 1.82) is 0 Å². The van der Waals surface area contributed by atoms with Crippen molar-refractivity contribution < 1.29 is 14.7 Å². The normalized spacial score (nSPS) is 26.1. The van der Waals surface area contributed by atoms with Gasteiger partial charge in [-0.05, 0) is 38.0 Å². The van der Waals surface area contributed by atoms with Gasteiger partial charge in [0.25, 0.3) is 0 Å². The molecule has 1 unspecified atom stereocenters. The van der Waals surface area contributed by atoms with Gasteiger partial charge in [-0.1, -0.05) is 32.1 Å². The third-order valence-electron chi connectivity index (χ3n) is 5.34. The summed E-state index contributed by atoms with van der Waals surface area (Å²) in [5.74, 6) is -0.568. The van der Waals surface area contributed by atoms with Gasteiger partial charge in [-0.3, -0.25) is 9.59 Å². The Bertz CT molecular complexity index is 374. The van der Waals surface area contributed by atoms with Crippen LogP contribution >= 0.6 is 0 Å². The lowest BCUT2D eigenvalue weighted by Crippen LogP contribution is -2.42. The zero-order valence-electron chi connectivity index (χ0n) is 13.3. The predicted octanol–water partition coefficient (Wildman–Crippen LogP) is 3.59. The summed E-state index contributed by atoms with van der Waals surface area (Å²) < 4.78 is 0. The Labute approximate surface area is 127 Å². The highest BCUT2D eigenvalue weighted by molar-refractivity contribution is 5.78. The minimum absolute atomic E-state index is 0.154. The summed E-state index contributed by atoms with van der Waals surface area (Å²) in [4.78, 5) is 26.0. The molecule has 1 N–H and O–H groups in total. The second kappa shape index (κ2) is 7.28. The summed E-state index contributed by atoms with van der Waals surface area (Å²) in [6.07, 6.45) is 10.3. The van der Waals surface area contributed by atoms with Crippen LogP contribution in [0.5, 0.6) is 0 Å². The van der Waals surface area contributed by atoms with Gasteiger partial charge < -0.3 is 10.0 Å². The maximum atomic E-state index is 12.7. The molecule has 4 nitrogen and oxygen atoms in total. The Hall–Kier alpha value is -1.06. The zero-order chi connectivity index (χ0) is 15.3. The van der Waals surface area contributed by atoms with Gasteiger partial charge in [-0.25, -0.2) is 0 Å². The molecule has 2 fully saturated rings. The molecule has 2 rings (SSSR count). The summed E-state index contributed by atoms with van der Waals surface area (Å²) in [6.45, 7) is 2.98. The minimum atomic E-state index is -0.756. The fourth-order valence-electron chi connectivity index (χ4n) is 4.11. The SMILES string of the molecule is CC1CCCCCN1C(=O)CC1(CC(=O)O)CCCCC1. The molecule has 1 atom stereocenters. The number of amides is 1. The molecule has 1 heterocycles. The molecule has 1 amide bonds. The summed E-state index contributed by atoms with van der Waals surface area (Å²) >= 11 is 0. The van der Waals surface area contributed by atoms with E-state index in [0.717, 1.165) is 45.1 Å². The fourth-order valence-corrected chi connectivity index (χ4v) is 4.11. The summed E-state index contributed by atoms with van der Waals surface area (Å²) in [5, 5.41) is 9.23. The molecule has 0 aromatic rings. The van der Waals surface area contributed by atoms with E-state index in [-0.39, 0.29) is 17.7 Å². The van der Waals surface area contributed by atoms with Crippen LogP contribution in [0.4, 0.5) is 0 Å². The molecule has 2 aliphatic rings. The quantitative estimate of drug-likeness (QED) is 0.862.